The van der Waals surface area contributed by atoms with Crippen LogP contribution in [0.25, 0.3) is 0 Å². The molecule has 1 nitrogen and oxygen atoms in total. The van der Waals surface area contributed by atoms with Gasteiger partial charge in [-0.2, -0.15) is 0 Å². The van der Waals surface area contributed by atoms with E-state index >= 15 is 0 Å². The van der Waals surface area contributed by atoms with E-state index in [2.05, 4.69) is 110 Å². The van der Waals surface area contributed by atoms with Gasteiger partial charge in [-0.15, -0.1) is 0 Å². The molecule has 0 saturated carbocycles. The highest BCUT2D eigenvalue weighted by Gasteiger charge is 2.41. The lowest BCUT2D eigenvalue weighted by Gasteiger charge is -2.33. The third-order valence-corrected chi connectivity index (χ3v) is 11.1. The lowest BCUT2D eigenvalue weighted by molar-refractivity contribution is 0.312. The monoisotopic (exact) mass is 498 g/mol. The van der Waals surface area contributed by atoms with E-state index in [1.807, 2.05) is 0 Å². The van der Waals surface area contributed by atoms with Gasteiger partial charge < -0.3 is 4.43 Å². The molecular formula is C34H46OSi. The number of benzene rings is 3. The van der Waals surface area contributed by atoms with Crippen LogP contribution in [0.15, 0.2) is 103 Å². The molecular weight excluding hydrogens is 452 g/mol. The van der Waals surface area contributed by atoms with Crippen molar-refractivity contribution in [2.45, 2.75) is 84.0 Å². The quantitative estimate of drug-likeness (QED) is 0.0749. The predicted molar refractivity (Wildman–Crippen MR) is 160 cm³/mol. The van der Waals surface area contributed by atoms with Crippen molar-refractivity contribution in [1.82, 2.24) is 0 Å². The van der Waals surface area contributed by atoms with Crippen LogP contribution in [-0.2, 0) is 4.43 Å². The van der Waals surface area contributed by atoms with Crippen LogP contribution >= 0.6 is 0 Å². The van der Waals surface area contributed by atoms with Crippen LogP contribution in [0.1, 0.15) is 84.0 Å². The Labute approximate surface area is 221 Å². The summed E-state index contributed by atoms with van der Waals surface area (Å²) in [6.07, 6.45) is 20.6. The fourth-order valence-electron chi connectivity index (χ4n) is 4.99. The zero-order chi connectivity index (χ0) is 25.2. The Hall–Kier alpha value is -2.42. The third kappa shape index (κ3) is 8.91. The summed E-state index contributed by atoms with van der Waals surface area (Å²) in [5, 5.41) is 3.94. The molecule has 192 valence electrons. The Bertz CT molecular complexity index is 856. The number of hydrogen-bond donors (Lipinski definition) is 0. The lowest BCUT2D eigenvalue weighted by Crippen LogP contribution is -2.69. The van der Waals surface area contributed by atoms with Crippen LogP contribution < -0.4 is 15.6 Å². The summed E-state index contributed by atoms with van der Waals surface area (Å²) in [5.74, 6) is 0. The Morgan fingerprint density at radius 2 is 0.889 bits per heavy atom. The van der Waals surface area contributed by atoms with Gasteiger partial charge in [0.1, 0.15) is 0 Å². The molecule has 0 aliphatic heterocycles. The van der Waals surface area contributed by atoms with Gasteiger partial charge in [0.05, 0.1) is 0 Å². The van der Waals surface area contributed by atoms with E-state index < -0.39 is 8.32 Å². The zero-order valence-corrected chi connectivity index (χ0v) is 23.4. The van der Waals surface area contributed by atoms with Gasteiger partial charge in [-0.05, 0) is 47.7 Å². The minimum Gasteiger partial charge on any atom is -0.404 e. The SMILES string of the molecule is CCCCCCCCCC/C=C/CCCCO[Si](c1ccccc1)(c1ccccc1)c1ccccc1. The number of rotatable bonds is 18. The number of allylic oxidation sites excluding steroid dienone is 2. The van der Waals surface area contributed by atoms with Crippen LogP contribution in [0.2, 0.25) is 0 Å². The average Bonchev–Trinajstić information content (AvgIpc) is 2.94. The highest BCUT2D eigenvalue weighted by molar-refractivity contribution is 7.07. The van der Waals surface area contributed by atoms with Gasteiger partial charge in [0, 0.05) is 6.61 Å². The van der Waals surface area contributed by atoms with Gasteiger partial charge in [-0.3, -0.25) is 0 Å². The first-order valence-corrected chi connectivity index (χ1v) is 16.2. The molecule has 0 bridgehead atoms. The van der Waals surface area contributed by atoms with Crippen molar-refractivity contribution in [3.05, 3.63) is 103 Å². The fraction of sp³-hybridized carbons (Fsp3) is 0.412. The van der Waals surface area contributed by atoms with E-state index in [0.29, 0.717) is 0 Å². The van der Waals surface area contributed by atoms with Crippen molar-refractivity contribution in [2.24, 2.45) is 0 Å². The summed E-state index contributed by atoms with van der Waals surface area (Å²) in [6, 6.07) is 32.6. The predicted octanol–water partition coefficient (Wildman–Crippen LogP) is 7.93. The Morgan fingerprint density at radius 1 is 0.500 bits per heavy atom. The first kappa shape index (κ1) is 28.2. The van der Waals surface area contributed by atoms with Crippen molar-refractivity contribution in [1.29, 1.82) is 0 Å². The molecule has 0 aliphatic rings. The highest BCUT2D eigenvalue weighted by atomic mass is 28.4. The molecule has 0 heterocycles. The second kappa shape index (κ2) is 17.1. The molecule has 3 aromatic carbocycles. The van der Waals surface area contributed by atoms with Crippen molar-refractivity contribution >= 4 is 23.9 Å². The van der Waals surface area contributed by atoms with Crippen LogP contribution in [0.3, 0.4) is 0 Å². The maximum Gasteiger partial charge on any atom is 0.288 e. The summed E-state index contributed by atoms with van der Waals surface area (Å²) in [6.45, 7) is 3.07. The standard InChI is InChI=1S/C34H46OSi/c1-2-3-4-5-6-7-8-9-10-11-12-13-14-24-31-35-36(32-25-18-15-19-26-32,33-27-20-16-21-28-33)34-29-22-17-23-30-34/h11-12,15-23,25-30H,2-10,13-14,24,31H2,1H3/b12-11+. The van der Waals surface area contributed by atoms with E-state index in [9.17, 15) is 0 Å². The van der Waals surface area contributed by atoms with E-state index in [4.69, 9.17) is 4.43 Å². The van der Waals surface area contributed by atoms with Crippen molar-refractivity contribution in [3.63, 3.8) is 0 Å². The molecule has 0 N–H and O–H groups in total. The molecule has 0 fully saturated rings. The molecule has 0 saturated heterocycles. The van der Waals surface area contributed by atoms with E-state index in [1.165, 1.54) is 79.8 Å². The molecule has 3 aromatic rings. The maximum absolute atomic E-state index is 7.01. The lowest BCUT2D eigenvalue weighted by atomic mass is 10.1. The summed E-state index contributed by atoms with van der Waals surface area (Å²) >= 11 is 0. The molecule has 0 spiro atoms. The topological polar surface area (TPSA) is 9.23 Å². The first-order chi connectivity index (χ1) is 17.9. The van der Waals surface area contributed by atoms with Gasteiger partial charge in [-0.1, -0.05) is 155 Å². The molecule has 0 atom stereocenters. The van der Waals surface area contributed by atoms with E-state index in [0.717, 1.165) is 19.4 Å². The van der Waals surface area contributed by atoms with Crippen LogP contribution in [0, 0.1) is 0 Å². The van der Waals surface area contributed by atoms with Gasteiger partial charge in [0.25, 0.3) is 8.32 Å². The summed E-state index contributed by atoms with van der Waals surface area (Å²) in [4.78, 5) is 0. The summed E-state index contributed by atoms with van der Waals surface area (Å²) in [5.41, 5.74) is 0. The Kier molecular flexibility index (Phi) is 13.4. The molecule has 0 unspecified atom stereocenters. The fourth-order valence-corrected chi connectivity index (χ4v) is 8.93. The van der Waals surface area contributed by atoms with Gasteiger partial charge >= 0.3 is 0 Å². The molecule has 0 aliphatic carbocycles. The van der Waals surface area contributed by atoms with E-state index in [-0.39, 0.29) is 0 Å². The normalized spacial score (nSPS) is 11.8. The zero-order valence-electron chi connectivity index (χ0n) is 22.4. The van der Waals surface area contributed by atoms with Crippen molar-refractivity contribution < 1.29 is 4.43 Å². The highest BCUT2D eigenvalue weighted by Crippen LogP contribution is 2.12. The molecule has 0 radical (unpaired) electrons. The molecule has 0 aromatic heterocycles. The average molecular weight is 499 g/mol. The third-order valence-electron chi connectivity index (χ3n) is 7.02. The maximum atomic E-state index is 7.01. The second-order valence-corrected chi connectivity index (χ2v) is 13.2. The summed E-state index contributed by atoms with van der Waals surface area (Å²) < 4.78 is 7.01. The Balaban J connectivity index is 1.49. The van der Waals surface area contributed by atoms with Crippen molar-refractivity contribution in [2.75, 3.05) is 6.61 Å². The number of unbranched alkanes of at least 4 members (excludes halogenated alkanes) is 10. The van der Waals surface area contributed by atoms with Gasteiger partial charge in [0.15, 0.2) is 0 Å². The largest absolute Gasteiger partial charge is 0.404 e. The minimum absolute atomic E-state index is 0.788. The molecule has 3 rings (SSSR count). The van der Waals surface area contributed by atoms with Gasteiger partial charge in [-0.25, -0.2) is 0 Å². The molecule has 0 amide bonds. The van der Waals surface area contributed by atoms with E-state index in [1.54, 1.807) is 0 Å². The minimum atomic E-state index is -2.55. The van der Waals surface area contributed by atoms with Crippen LogP contribution in [-0.4, -0.2) is 14.9 Å². The smallest absolute Gasteiger partial charge is 0.288 e. The van der Waals surface area contributed by atoms with Crippen LogP contribution in [0.5, 0.6) is 0 Å². The molecule has 36 heavy (non-hydrogen) atoms. The summed E-state index contributed by atoms with van der Waals surface area (Å²) in [7, 11) is -2.55. The Morgan fingerprint density at radius 3 is 1.33 bits per heavy atom. The van der Waals surface area contributed by atoms with Crippen molar-refractivity contribution in [3.8, 4) is 0 Å². The second-order valence-electron chi connectivity index (χ2n) is 9.86. The van der Waals surface area contributed by atoms with Crippen LogP contribution in [0.4, 0.5) is 0 Å². The molecule has 2 heteroatoms. The van der Waals surface area contributed by atoms with Gasteiger partial charge in [0.2, 0.25) is 0 Å². The number of hydrogen-bond acceptors (Lipinski definition) is 1. The first-order valence-electron chi connectivity index (χ1n) is 14.3.